The van der Waals surface area contributed by atoms with Gasteiger partial charge in [0, 0.05) is 6.42 Å². The van der Waals surface area contributed by atoms with Crippen LogP contribution in [0, 0.1) is 0 Å². The first kappa shape index (κ1) is 15.4. The molecule has 0 amide bonds. The molecule has 0 aromatic carbocycles. The van der Waals surface area contributed by atoms with Gasteiger partial charge in [0.05, 0.1) is 5.60 Å². The van der Waals surface area contributed by atoms with Crippen molar-refractivity contribution in [3.05, 3.63) is 12.2 Å². The summed E-state index contributed by atoms with van der Waals surface area (Å²) in [5, 5.41) is 10.2. The van der Waals surface area contributed by atoms with Crippen molar-refractivity contribution in [3.8, 4) is 0 Å². The molecule has 0 saturated heterocycles. The molecular weight excluding hydrogens is 200 g/mol. The van der Waals surface area contributed by atoms with E-state index < -0.39 is 5.60 Å². The number of carbonyl (C=O) groups is 1. The molecule has 0 fully saturated rings. The number of aliphatic hydroxyl groups is 1. The molecule has 0 aliphatic carbocycles. The molecule has 0 aromatic heterocycles. The minimum Gasteiger partial charge on any atom is -0.386 e. The lowest BCUT2D eigenvalue weighted by molar-refractivity contribution is -0.116. The van der Waals surface area contributed by atoms with E-state index in [1.807, 2.05) is 19.1 Å². The number of rotatable bonds is 9. The van der Waals surface area contributed by atoms with Crippen molar-refractivity contribution in [3.63, 3.8) is 0 Å². The van der Waals surface area contributed by atoms with Crippen LogP contribution < -0.4 is 0 Å². The minimum absolute atomic E-state index is 0.204. The van der Waals surface area contributed by atoms with Gasteiger partial charge >= 0.3 is 0 Å². The third kappa shape index (κ3) is 7.63. The van der Waals surface area contributed by atoms with Crippen molar-refractivity contribution >= 4 is 5.78 Å². The van der Waals surface area contributed by atoms with Crippen molar-refractivity contribution in [1.29, 1.82) is 0 Å². The molecule has 0 aromatic rings. The average Bonchev–Trinajstić information content (AvgIpc) is 2.25. The predicted octanol–water partition coefficient (Wildman–Crippen LogP) is 3.63. The predicted molar refractivity (Wildman–Crippen MR) is 68.4 cm³/mol. The van der Waals surface area contributed by atoms with Crippen molar-refractivity contribution in [2.45, 2.75) is 71.3 Å². The molecule has 1 unspecified atom stereocenters. The minimum atomic E-state index is -0.661. The molecule has 94 valence electrons. The van der Waals surface area contributed by atoms with E-state index in [-0.39, 0.29) is 5.78 Å². The second-order valence-corrected chi connectivity index (χ2v) is 4.56. The molecule has 16 heavy (non-hydrogen) atoms. The Morgan fingerprint density at radius 1 is 1.31 bits per heavy atom. The fourth-order valence-electron chi connectivity index (χ4n) is 1.65. The fraction of sp³-hybridized carbons (Fsp3) is 0.786. The van der Waals surface area contributed by atoms with E-state index >= 15 is 0 Å². The molecule has 2 heteroatoms. The fourth-order valence-corrected chi connectivity index (χ4v) is 1.65. The van der Waals surface area contributed by atoms with Gasteiger partial charge in [-0.3, -0.25) is 0 Å². The van der Waals surface area contributed by atoms with Crippen LogP contribution >= 0.6 is 0 Å². The monoisotopic (exact) mass is 226 g/mol. The lowest BCUT2D eigenvalue weighted by Gasteiger charge is -2.22. The van der Waals surface area contributed by atoms with E-state index in [9.17, 15) is 9.90 Å². The number of allylic oxidation sites excluding steroid dienone is 1. The lowest BCUT2D eigenvalue weighted by atomic mass is 9.92. The Kier molecular flexibility index (Phi) is 8.18. The first-order chi connectivity index (χ1) is 7.54. The molecule has 1 N–H and O–H groups in total. The molecule has 0 aliphatic rings. The molecule has 0 bridgehead atoms. The summed E-state index contributed by atoms with van der Waals surface area (Å²) in [5.74, 6) is 0.204. The highest BCUT2D eigenvalue weighted by Gasteiger charge is 2.19. The maximum Gasteiger partial charge on any atom is 0.130 e. The summed E-state index contributed by atoms with van der Waals surface area (Å²) in [7, 11) is 0. The van der Waals surface area contributed by atoms with Crippen LogP contribution in [-0.2, 0) is 4.79 Å². The quantitative estimate of drug-likeness (QED) is 0.481. The average molecular weight is 226 g/mol. The van der Waals surface area contributed by atoms with Gasteiger partial charge in [0.15, 0.2) is 0 Å². The molecule has 0 saturated carbocycles. The van der Waals surface area contributed by atoms with Crippen LogP contribution in [0.1, 0.15) is 65.7 Å². The zero-order chi connectivity index (χ0) is 12.4. The second kappa shape index (κ2) is 8.51. The zero-order valence-corrected chi connectivity index (χ0v) is 11.0. The van der Waals surface area contributed by atoms with E-state index in [4.69, 9.17) is 0 Å². The molecule has 2 nitrogen and oxygen atoms in total. The smallest absolute Gasteiger partial charge is 0.130 e. The Morgan fingerprint density at radius 2 is 2.00 bits per heavy atom. The molecule has 0 radical (unpaired) electrons. The Morgan fingerprint density at radius 3 is 2.50 bits per heavy atom. The van der Waals surface area contributed by atoms with Gasteiger partial charge in [-0.05, 0) is 26.2 Å². The van der Waals surface area contributed by atoms with Crippen LogP contribution in [0.5, 0.6) is 0 Å². The largest absolute Gasteiger partial charge is 0.386 e. The number of Topliss-reactive ketones (excluding diaryl/α,β-unsaturated/α-hetero) is 1. The number of ketones is 1. The van der Waals surface area contributed by atoms with E-state index in [2.05, 4.69) is 6.92 Å². The topological polar surface area (TPSA) is 37.3 Å². The molecular formula is C14H26O2. The van der Waals surface area contributed by atoms with E-state index in [0.717, 1.165) is 25.7 Å². The van der Waals surface area contributed by atoms with Gasteiger partial charge in [-0.15, -0.1) is 0 Å². The van der Waals surface area contributed by atoms with Crippen molar-refractivity contribution < 1.29 is 9.90 Å². The van der Waals surface area contributed by atoms with Crippen LogP contribution in [0.3, 0.4) is 0 Å². The number of unbranched alkanes of at least 4 members (excludes halogenated alkanes) is 2. The normalized spacial score (nSPS) is 15.2. The molecule has 0 rings (SSSR count). The maximum absolute atomic E-state index is 10.8. The maximum atomic E-state index is 10.8. The van der Waals surface area contributed by atoms with Crippen LogP contribution in [-0.4, -0.2) is 16.5 Å². The SMILES string of the molecule is CCCCCC(O)(/C=C/CCC(C)=O)CC. The van der Waals surface area contributed by atoms with Crippen molar-refractivity contribution in [2.75, 3.05) is 0 Å². The summed E-state index contributed by atoms with van der Waals surface area (Å²) >= 11 is 0. The third-order valence-corrected chi connectivity index (χ3v) is 2.92. The van der Waals surface area contributed by atoms with Crippen LogP contribution in [0.25, 0.3) is 0 Å². The Hall–Kier alpha value is -0.630. The van der Waals surface area contributed by atoms with Crippen molar-refractivity contribution in [1.82, 2.24) is 0 Å². The van der Waals surface area contributed by atoms with E-state index in [1.165, 1.54) is 12.8 Å². The molecule has 0 spiro atoms. The van der Waals surface area contributed by atoms with E-state index in [0.29, 0.717) is 6.42 Å². The first-order valence-electron chi connectivity index (χ1n) is 6.43. The van der Waals surface area contributed by atoms with Gasteiger partial charge < -0.3 is 9.90 Å². The Bertz CT molecular complexity index is 221. The standard InChI is InChI=1S/C14H26O2/c1-4-6-8-11-14(16,5-2)12-9-7-10-13(3)15/h9,12,16H,4-8,10-11H2,1-3H3/b12-9+. The summed E-state index contributed by atoms with van der Waals surface area (Å²) < 4.78 is 0. The summed E-state index contributed by atoms with van der Waals surface area (Å²) in [6.45, 7) is 5.76. The van der Waals surface area contributed by atoms with Gasteiger partial charge in [0.1, 0.15) is 5.78 Å². The summed E-state index contributed by atoms with van der Waals surface area (Å²) in [4.78, 5) is 10.8. The highest BCUT2D eigenvalue weighted by Crippen LogP contribution is 2.21. The van der Waals surface area contributed by atoms with Gasteiger partial charge in [-0.2, -0.15) is 0 Å². The van der Waals surface area contributed by atoms with Crippen molar-refractivity contribution in [2.24, 2.45) is 0 Å². The molecule has 0 heterocycles. The highest BCUT2D eigenvalue weighted by molar-refractivity contribution is 5.75. The van der Waals surface area contributed by atoms with Gasteiger partial charge in [0.2, 0.25) is 0 Å². The van der Waals surface area contributed by atoms with Crippen LogP contribution in [0.15, 0.2) is 12.2 Å². The summed E-state index contributed by atoms with van der Waals surface area (Å²) in [6.07, 6.45) is 10.1. The van der Waals surface area contributed by atoms with Crippen LogP contribution in [0.2, 0.25) is 0 Å². The molecule has 0 aliphatic heterocycles. The van der Waals surface area contributed by atoms with Gasteiger partial charge in [-0.1, -0.05) is 45.3 Å². The molecule has 1 atom stereocenters. The highest BCUT2D eigenvalue weighted by atomic mass is 16.3. The number of hydrogen-bond donors (Lipinski definition) is 1. The zero-order valence-electron chi connectivity index (χ0n) is 11.0. The van der Waals surface area contributed by atoms with Gasteiger partial charge in [-0.25, -0.2) is 0 Å². The third-order valence-electron chi connectivity index (χ3n) is 2.92. The Labute approximate surface area is 99.7 Å². The second-order valence-electron chi connectivity index (χ2n) is 4.56. The first-order valence-corrected chi connectivity index (χ1v) is 6.43. The van der Waals surface area contributed by atoms with Gasteiger partial charge in [0.25, 0.3) is 0 Å². The van der Waals surface area contributed by atoms with Crippen LogP contribution in [0.4, 0.5) is 0 Å². The summed E-state index contributed by atoms with van der Waals surface area (Å²) in [5.41, 5.74) is -0.661. The Balaban J connectivity index is 3.98. The lowest BCUT2D eigenvalue weighted by Crippen LogP contribution is -2.24. The summed E-state index contributed by atoms with van der Waals surface area (Å²) in [6, 6.07) is 0. The number of carbonyl (C=O) groups excluding carboxylic acids is 1. The van der Waals surface area contributed by atoms with E-state index in [1.54, 1.807) is 6.92 Å². The number of hydrogen-bond acceptors (Lipinski definition) is 2.